The highest BCUT2D eigenvalue weighted by Gasteiger charge is 2.35. The highest BCUT2D eigenvalue weighted by molar-refractivity contribution is 6.09. The van der Waals surface area contributed by atoms with Crippen molar-refractivity contribution in [1.29, 1.82) is 0 Å². The number of anilines is 2. The third-order valence-corrected chi connectivity index (χ3v) is 7.04. The zero-order chi connectivity index (χ0) is 26.3. The monoisotopic (exact) mass is 502 g/mol. The Morgan fingerprint density at radius 1 is 1.00 bits per heavy atom. The zero-order valence-corrected chi connectivity index (χ0v) is 21.2. The second-order valence-corrected chi connectivity index (χ2v) is 9.46. The van der Waals surface area contributed by atoms with E-state index in [9.17, 15) is 14.4 Å². The van der Waals surface area contributed by atoms with Gasteiger partial charge in [0, 0.05) is 44.1 Å². The van der Waals surface area contributed by atoms with Gasteiger partial charge in [-0.05, 0) is 67.8 Å². The summed E-state index contributed by atoms with van der Waals surface area (Å²) in [7, 11) is 5.13. The molecule has 0 aliphatic carbocycles. The first-order valence-electron chi connectivity index (χ1n) is 12.3. The van der Waals surface area contributed by atoms with Crippen molar-refractivity contribution in [2.24, 2.45) is 5.73 Å². The Morgan fingerprint density at radius 2 is 1.65 bits per heavy atom. The lowest BCUT2D eigenvalue weighted by Gasteiger charge is -2.30. The number of methoxy groups -OCH3 is 1. The lowest BCUT2D eigenvalue weighted by atomic mass is 10.0. The van der Waals surface area contributed by atoms with Crippen LogP contribution in [0.2, 0.25) is 0 Å². The fraction of sp³-hybridized carbons (Fsp3) is 0.333. The number of ether oxygens (including phenoxy) is 1. The molecule has 3 aromatic rings. The number of hydrogen-bond acceptors (Lipinski definition) is 6. The molecule has 0 bridgehead atoms. The fourth-order valence-electron chi connectivity index (χ4n) is 5.17. The number of amides is 3. The molecule has 1 aromatic heterocycles. The van der Waals surface area contributed by atoms with Crippen molar-refractivity contribution in [2.75, 3.05) is 44.1 Å². The van der Waals surface area contributed by atoms with E-state index >= 15 is 0 Å². The van der Waals surface area contributed by atoms with Gasteiger partial charge in [-0.2, -0.15) is 5.10 Å². The van der Waals surface area contributed by atoms with Crippen LogP contribution in [0.25, 0.3) is 5.69 Å². The lowest BCUT2D eigenvalue weighted by Crippen LogP contribution is -2.42. The second kappa shape index (κ2) is 9.61. The molecule has 1 saturated heterocycles. The van der Waals surface area contributed by atoms with Gasteiger partial charge in [0.25, 0.3) is 11.8 Å². The Kier molecular flexibility index (Phi) is 6.32. The molecule has 3 amide bonds. The number of rotatable bonds is 6. The number of carbonyl (C=O) groups is 3. The Balaban J connectivity index is 1.45. The molecule has 0 spiro atoms. The van der Waals surface area contributed by atoms with E-state index in [4.69, 9.17) is 10.5 Å². The third-order valence-electron chi connectivity index (χ3n) is 7.04. The van der Waals surface area contributed by atoms with Crippen molar-refractivity contribution in [2.45, 2.75) is 25.3 Å². The molecule has 5 rings (SSSR count). The number of nitrogens with zero attached hydrogens (tertiary/aromatic N) is 5. The van der Waals surface area contributed by atoms with Crippen LogP contribution in [0.15, 0.2) is 48.5 Å². The summed E-state index contributed by atoms with van der Waals surface area (Å²) in [5.74, 6) is -0.161. The fourth-order valence-corrected chi connectivity index (χ4v) is 5.17. The standard InChI is InChI=1S/C27H30N6O4/c1-30(2)26(35)22-5-4-15-31(22)17-6-8-18(9-7-17)32-16-14-21-23(25(28)34)29-33(24(21)27(32)36)19-10-12-20(37-3)13-11-19/h6-13,22H,4-5,14-16H2,1-3H3,(H2,28,34). The molecule has 10 nitrogen and oxygen atoms in total. The predicted octanol–water partition coefficient (Wildman–Crippen LogP) is 2.24. The second-order valence-electron chi connectivity index (χ2n) is 9.46. The largest absolute Gasteiger partial charge is 0.497 e. The SMILES string of the molecule is COc1ccc(-n2nc(C(N)=O)c3c2C(=O)N(c2ccc(N4CCCC4C(=O)N(C)C)cc2)CC3)cc1. The van der Waals surface area contributed by atoms with E-state index < -0.39 is 5.91 Å². The summed E-state index contributed by atoms with van der Waals surface area (Å²) in [6.45, 7) is 1.21. The van der Waals surface area contributed by atoms with E-state index in [1.54, 1.807) is 55.3 Å². The molecule has 0 saturated carbocycles. The quantitative estimate of drug-likeness (QED) is 0.553. The number of likely N-dealkylation sites (N-methyl/N-ethyl adjacent to an activating group) is 1. The first kappa shape index (κ1) is 24.4. The summed E-state index contributed by atoms with van der Waals surface area (Å²) in [6, 6.07) is 14.6. The van der Waals surface area contributed by atoms with Gasteiger partial charge in [0.1, 0.15) is 17.5 Å². The summed E-state index contributed by atoms with van der Waals surface area (Å²) < 4.78 is 6.72. The van der Waals surface area contributed by atoms with E-state index in [2.05, 4.69) is 10.00 Å². The number of carbonyl (C=O) groups excluding carboxylic acids is 3. The topological polar surface area (TPSA) is 114 Å². The molecule has 0 radical (unpaired) electrons. The summed E-state index contributed by atoms with van der Waals surface area (Å²) in [5.41, 5.74) is 8.91. The minimum absolute atomic E-state index is 0.0948. The van der Waals surface area contributed by atoms with Crippen LogP contribution in [0.5, 0.6) is 5.75 Å². The summed E-state index contributed by atoms with van der Waals surface area (Å²) in [6.07, 6.45) is 2.23. The van der Waals surface area contributed by atoms with Gasteiger partial charge < -0.3 is 25.2 Å². The van der Waals surface area contributed by atoms with Crippen molar-refractivity contribution < 1.29 is 19.1 Å². The van der Waals surface area contributed by atoms with Crippen molar-refractivity contribution >= 4 is 29.1 Å². The van der Waals surface area contributed by atoms with Gasteiger partial charge in [-0.1, -0.05) is 0 Å². The first-order chi connectivity index (χ1) is 17.8. The van der Waals surface area contributed by atoms with Gasteiger partial charge in [0.05, 0.1) is 12.8 Å². The minimum atomic E-state index is -0.665. The number of primary amides is 1. The Bertz CT molecular complexity index is 1350. The van der Waals surface area contributed by atoms with Crippen LogP contribution < -0.4 is 20.3 Å². The van der Waals surface area contributed by atoms with Gasteiger partial charge in [0.2, 0.25) is 5.91 Å². The van der Waals surface area contributed by atoms with Crippen LogP contribution in [0.3, 0.4) is 0 Å². The molecule has 1 atom stereocenters. The molecular weight excluding hydrogens is 472 g/mol. The molecule has 2 aliphatic heterocycles. The Hall–Kier alpha value is -4.34. The molecule has 10 heteroatoms. The Labute approximate surface area is 215 Å². The highest BCUT2D eigenvalue weighted by Crippen LogP contribution is 2.32. The van der Waals surface area contributed by atoms with E-state index in [1.165, 1.54) is 4.68 Å². The number of hydrogen-bond donors (Lipinski definition) is 1. The smallest absolute Gasteiger partial charge is 0.277 e. The summed E-state index contributed by atoms with van der Waals surface area (Å²) in [5, 5.41) is 4.41. The number of fused-ring (bicyclic) bond motifs is 1. The average Bonchev–Trinajstić information content (AvgIpc) is 3.55. The van der Waals surface area contributed by atoms with Gasteiger partial charge in [-0.25, -0.2) is 4.68 Å². The molecule has 2 N–H and O–H groups in total. The van der Waals surface area contributed by atoms with Crippen LogP contribution in [0.4, 0.5) is 11.4 Å². The van der Waals surface area contributed by atoms with Gasteiger partial charge >= 0.3 is 0 Å². The van der Waals surface area contributed by atoms with Crippen molar-refractivity contribution in [3.8, 4) is 11.4 Å². The molecule has 192 valence electrons. The summed E-state index contributed by atoms with van der Waals surface area (Å²) >= 11 is 0. The van der Waals surface area contributed by atoms with Gasteiger partial charge in [-0.3, -0.25) is 14.4 Å². The number of nitrogens with two attached hydrogens (primary N) is 1. The summed E-state index contributed by atoms with van der Waals surface area (Å²) in [4.78, 5) is 43.9. The Morgan fingerprint density at radius 3 is 2.27 bits per heavy atom. The van der Waals surface area contributed by atoms with E-state index in [0.717, 1.165) is 30.8 Å². The van der Waals surface area contributed by atoms with Gasteiger partial charge in [-0.15, -0.1) is 0 Å². The van der Waals surface area contributed by atoms with Gasteiger partial charge in [0.15, 0.2) is 5.69 Å². The van der Waals surface area contributed by atoms with E-state index in [0.29, 0.717) is 35.7 Å². The third kappa shape index (κ3) is 4.28. The lowest BCUT2D eigenvalue weighted by molar-refractivity contribution is -0.129. The maximum atomic E-state index is 13.8. The van der Waals surface area contributed by atoms with Crippen LogP contribution in [-0.4, -0.2) is 72.7 Å². The van der Waals surface area contributed by atoms with Crippen molar-refractivity contribution in [3.63, 3.8) is 0 Å². The normalized spacial score (nSPS) is 17.1. The van der Waals surface area contributed by atoms with Crippen LogP contribution in [0, 0.1) is 0 Å². The van der Waals surface area contributed by atoms with Crippen LogP contribution >= 0.6 is 0 Å². The van der Waals surface area contributed by atoms with E-state index in [1.807, 2.05) is 24.3 Å². The first-order valence-corrected chi connectivity index (χ1v) is 12.3. The zero-order valence-electron chi connectivity index (χ0n) is 21.2. The highest BCUT2D eigenvalue weighted by atomic mass is 16.5. The average molecular weight is 503 g/mol. The molecular formula is C27H30N6O4. The van der Waals surface area contributed by atoms with Crippen LogP contribution in [-0.2, 0) is 11.2 Å². The molecule has 37 heavy (non-hydrogen) atoms. The molecule has 1 fully saturated rings. The molecule has 1 unspecified atom stereocenters. The maximum absolute atomic E-state index is 13.8. The predicted molar refractivity (Wildman–Crippen MR) is 140 cm³/mol. The number of benzene rings is 2. The molecule has 2 aliphatic rings. The van der Waals surface area contributed by atoms with Crippen molar-refractivity contribution in [3.05, 3.63) is 65.5 Å². The van der Waals surface area contributed by atoms with E-state index in [-0.39, 0.29) is 23.6 Å². The molecule has 2 aromatic carbocycles. The minimum Gasteiger partial charge on any atom is -0.497 e. The number of aromatic nitrogens is 2. The van der Waals surface area contributed by atoms with Crippen molar-refractivity contribution in [1.82, 2.24) is 14.7 Å². The van der Waals surface area contributed by atoms with Crippen LogP contribution in [0.1, 0.15) is 39.4 Å². The maximum Gasteiger partial charge on any atom is 0.277 e. The molecule has 3 heterocycles.